The molecule has 15 heavy (non-hydrogen) atoms. The molecule has 1 heterocycles. The van der Waals surface area contributed by atoms with Crippen LogP contribution in [0, 0.1) is 13.5 Å². The maximum atomic E-state index is 11.8. The van der Waals surface area contributed by atoms with Gasteiger partial charge in [0.1, 0.15) is 5.75 Å². The Morgan fingerprint density at radius 2 is 2.13 bits per heavy atom. The van der Waals surface area contributed by atoms with Crippen molar-refractivity contribution in [3.8, 4) is 5.75 Å². The first kappa shape index (κ1) is 14.5. The van der Waals surface area contributed by atoms with Gasteiger partial charge in [-0.1, -0.05) is 25.6 Å². The van der Waals surface area contributed by atoms with E-state index >= 15 is 0 Å². The van der Waals surface area contributed by atoms with Crippen LogP contribution in [0.3, 0.4) is 0 Å². The summed E-state index contributed by atoms with van der Waals surface area (Å²) in [5.74, 6) is 0.577. The van der Waals surface area contributed by atoms with Crippen LogP contribution in [0.2, 0.25) is 0 Å². The van der Waals surface area contributed by atoms with Crippen molar-refractivity contribution in [3.05, 3.63) is 28.7 Å². The Morgan fingerprint density at radius 3 is 2.53 bits per heavy atom. The van der Waals surface area contributed by atoms with Crippen LogP contribution in [0.1, 0.15) is 12.6 Å². The molecule has 1 rings (SSSR count). The zero-order valence-corrected chi connectivity index (χ0v) is 12.3. The van der Waals surface area contributed by atoms with Crippen molar-refractivity contribution in [1.82, 2.24) is 4.57 Å². The molecule has 0 amide bonds. The average Bonchev–Trinajstić information content (AvgIpc) is 2.17. The molecule has 81 valence electrons. The second kappa shape index (κ2) is 6.18. The van der Waals surface area contributed by atoms with Gasteiger partial charge in [0.25, 0.3) is 0 Å². The van der Waals surface area contributed by atoms with Gasteiger partial charge in [-0.25, -0.2) is 0 Å². The molecule has 1 aromatic rings. The summed E-state index contributed by atoms with van der Waals surface area (Å²) in [5.41, 5.74) is 1.25. The molecule has 0 aliphatic heterocycles. The molecule has 0 atom stereocenters. The first-order valence-corrected chi connectivity index (χ1v) is 4.43. The number of nitrogens with zero attached hydrogens (tertiary/aromatic N) is 1. The van der Waals surface area contributed by atoms with Crippen molar-refractivity contribution < 1.29 is 37.4 Å². The molecule has 1 N–H and O–H groups in total. The van der Waals surface area contributed by atoms with Gasteiger partial charge in [-0.05, 0) is 0 Å². The molecule has 5 heteroatoms. The minimum Gasteiger partial charge on any atom is -0.497 e. The van der Waals surface area contributed by atoms with Gasteiger partial charge >= 0.3 is 0 Å². The first-order chi connectivity index (χ1) is 6.65. The second-order valence-electron chi connectivity index (χ2n) is 2.91. The molecule has 0 aromatic carbocycles. The van der Waals surface area contributed by atoms with E-state index in [1.54, 1.807) is 25.3 Å². The van der Waals surface area contributed by atoms with E-state index in [9.17, 15) is 4.79 Å². The third-order valence-electron chi connectivity index (χ3n) is 2.13. The van der Waals surface area contributed by atoms with Crippen LogP contribution < -0.4 is 15.6 Å². The molecule has 4 nitrogen and oxygen atoms in total. The maximum Gasteiger partial charge on any atom is 0.168 e. The SMILES string of the molecule is C[CH-]n1c(C)cc(OC)c(NC)c1=O.[Y]. The van der Waals surface area contributed by atoms with Crippen molar-refractivity contribution in [2.24, 2.45) is 0 Å². The number of aryl methyl sites for hydroxylation is 1. The van der Waals surface area contributed by atoms with Crippen LogP contribution in [0.15, 0.2) is 10.9 Å². The number of nitrogens with one attached hydrogen (secondary N) is 1. The standard InChI is InChI=1S/C10H15N2O2.Y/c1-5-12-7(2)6-8(14-4)9(11-3)10(12)13;/h5-6,11H,1-4H3;/q-1;. The van der Waals surface area contributed by atoms with Crippen molar-refractivity contribution in [2.45, 2.75) is 13.8 Å². The van der Waals surface area contributed by atoms with Crippen molar-refractivity contribution in [1.29, 1.82) is 0 Å². The van der Waals surface area contributed by atoms with Crippen molar-refractivity contribution in [2.75, 3.05) is 19.5 Å². The van der Waals surface area contributed by atoms with Crippen LogP contribution in [0.4, 0.5) is 5.69 Å². The number of aromatic nitrogens is 1. The van der Waals surface area contributed by atoms with Gasteiger partial charge in [0.05, 0.1) is 12.8 Å². The molecule has 0 spiro atoms. The first-order valence-electron chi connectivity index (χ1n) is 4.43. The summed E-state index contributed by atoms with van der Waals surface area (Å²) >= 11 is 0. The number of hydrogen-bond acceptors (Lipinski definition) is 3. The van der Waals surface area contributed by atoms with Crippen LogP contribution in [0.25, 0.3) is 0 Å². The minimum atomic E-state index is -0.0909. The van der Waals surface area contributed by atoms with Gasteiger partial charge in [0.2, 0.25) is 0 Å². The molecule has 1 radical (unpaired) electrons. The topological polar surface area (TPSA) is 43.3 Å². The van der Waals surface area contributed by atoms with Gasteiger partial charge in [-0.2, -0.15) is 0 Å². The molecule has 0 bridgehead atoms. The predicted octanol–water partition coefficient (Wildman–Crippen LogP) is 1.23. The van der Waals surface area contributed by atoms with E-state index in [-0.39, 0.29) is 38.3 Å². The van der Waals surface area contributed by atoms with E-state index in [2.05, 4.69) is 5.32 Å². The fourth-order valence-corrected chi connectivity index (χ4v) is 1.43. The molecule has 0 unspecified atom stereocenters. The van der Waals surface area contributed by atoms with Crippen LogP contribution in [0.5, 0.6) is 5.75 Å². The van der Waals surface area contributed by atoms with E-state index in [0.29, 0.717) is 11.4 Å². The van der Waals surface area contributed by atoms with Gasteiger partial charge in [-0.15, -0.1) is 6.54 Å². The third kappa shape index (κ3) is 2.76. The normalized spacial score (nSPS) is 9.07. The van der Waals surface area contributed by atoms with Gasteiger partial charge in [-0.3, -0.25) is 0 Å². The summed E-state index contributed by atoms with van der Waals surface area (Å²) in [5, 5.41) is 2.84. The zero-order chi connectivity index (χ0) is 10.7. The Kier molecular flexibility index (Phi) is 5.99. The minimum absolute atomic E-state index is 0. The van der Waals surface area contributed by atoms with Crippen LogP contribution in [-0.2, 0) is 32.7 Å². The molecule has 0 saturated carbocycles. The van der Waals surface area contributed by atoms with E-state index in [1.807, 2.05) is 19.9 Å². The molecule has 0 fully saturated rings. The zero-order valence-electron chi connectivity index (χ0n) is 9.50. The van der Waals surface area contributed by atoms with Gasteiger partial charge in [0.15, 0.2) is 5.56 Å². The van der Waals surface area contributed by atoms with E-state index in [0.717, 1.165) is 5.69 Å². The van der Waals surface area contributed by atoms with Crippen molar-refractivity contribution >= 4 is 5.69 Å². The van der Waals surface area contributed by atoms with E-state index in [1.165, 1.54) is 0 Å². The maximum absolute atomic E-state index is 11.8. The summed E-state index contributed by atoms with van der Waals surface area (Å²) in [4.78, 5) is 11.8. The number of rotatable bonds is 3. The number of hydrogen-bond donors (Lipinski definition) is 1. The fourth-order valence-electron chi connectivity index (χ4n) is 1.43. The second-order valence-corrected chi connectivity index (χ2v) is 2.91. The molecule has 1 aromatic heterocycles. The molecule has 0 aliphatic rings. The molecule has 0 saturated heterocycles. The quantitative estimate of drug-likeness (QED) is 0.849. The Bertz CT molecular complexity index is 388. The Morgan fingerprint density at radius 1 is 1.53 bits per heavy atom. The summed E-state index contributed by atoms with van der Waals surface area (Å²) in [6, 6.07) is 1.83. The predicted molar refractivity (Wildman–Crippen MR) is 56.9 cm³/mol. The summed E-state index contributed by atoms with van der Waals surface area (Å²) in [7, 11) is 3.25. The van der Waals surface area contributed by atoms with E-state index in [4.69, 9.17) is 4.74 Å². The van der Waals surface area contributed by atoms with Crippen molar-refractivity contribution in [3.63, 3.8) is 0 Å². The van der Waals surface area contributed by atoms with Crippen LogP contribution >= 0.6 is 0 Å². The third-order valence-corrected chi connectivity index (χ3v) is 2.13. The largest absolute Gasteiger partial charge is 0.497 e. The number of ether oxygens (including phenoxy) is 1. The molecular formula is C10H15N2O2Y-. The molecule has 0 aliphatic carbocycles. The average molecular weight is 284 g/mol. The monoisotopic (exact) mass is 284 g/mol. The Balaban J connectivity index is 0.00000196. The van der Waals surface area contributed by atoms with Gasteiger partial charge < -0.3 is 19.4 Å². The Hall–Kier alpha value is -0.476. The number of anilines is 1. The Labute approximate surface area is 115 Å². The molecular weight excluding hydrogens is 269 g/mol. The number of methoxy groups -OCH3 is 1. The van der Waals surface area contributed by atoms with E-state index < -0.39 is 0 Å². The summed E-state index contributed by atoms with van der Waals surface area (Å²) in [6.07, 6.45) is 0. The fraction of sp³-hybridized carbons (Fsp3) is 0.400. The summed E-state index contributed by atoms with van der Waals surface area (Å²) in [6.45, 7) is 5.42. The smallest absolute Gasteiger partial charge is 0.168 e. The summed E-state index contributed by atoms with van der Waals surface area (Å²) < 4.78 is 6.69. The van der Waals surface area contributed by atoms with Crippen LogP contribution in [-0.4, -0.2) is 18.7 Å². The van der Waals surface area contributed by atoms with Gasteiger partial charge in [0, 0.05) is 39.8 Å². The number of pyridine rings is 1.